The predicted octanol–water partition coefficient (Wildman–Crippen LogP) is -0.155. The minimum atomic E-state index is -0.925. The maximum absolute atomic E-state index is 12.5. The van der Waals surface area contributed by atoms with Crippen molar-refractivity contribution in [1.82, 2.24) is 24.0 Å². The fraction of sp³-hybridized carbons (Fsp3) is 0.450. The first-order valence-electron chi connectivity index (χ1n) is 9.83. The van der Waals surface area contributed by atoms with E-state index in [-0.39, 0.29) is 24.3 Å². The third-order valence-electron chi connectivity index (χ3n) is 4.74. The third-order valence-corrected chi connectivity index (χ3v) is 4.74. The zero-order valence-electron chi connectivity index (χ0n) is 18.1. The number of H-pyrrole nitrogens is 1. The number of aromatic amines is 1. The van der Waals surface area contributed by atoms with Crippen LogP contribution in [0.1, 0.15) is 0 Å². The number of nitrogens with zero attached hydrogens (tertiary/aromatic N) is 4. The minimum Gasteiger partial charge on any atom is -0.497 e. The summed E-state index contributed by atoms with van der Waals surface area (Å²) in [5.41, 5.74) is -0.665. The van der Waals surface area contributed by atoms with E-state index in [1.807, 2.05) is 19.0 Å². The molecule has 0 aliphatic rings. The molecule has 1 atom stereocenters. The van der Waals surface area contributed by atoms with E-state index in [9.17, 15) is 14.7 Å². The molecule has 3 rings (SSSR count). The highest BCUT2D eigenvalue weighted by Crippen LogP contribution is 2.19. The van der Waals surface area contributed by atoms with Gasteiger partial charge in [-0.1, -0.05) is 0 Å². The van der Waals surface area contributed by atoms with Crippen LogP contribution in [0.5, 0.6) is 11.5 Å². The van der Waals surface area contributed by atoms with Crippen LogP contribution in [0, 0.1) is 0 Å². The molecule has 0 aliphatic carbocycles. The molecule has 3 aromatic rings. The molecule has 0 bridgehead atoms. The lowest BCUT2D eigenvalue weighted by molar-refractivity contribution is 0.0938. The SMILES string of the molecule is COc1ccc(OC[C@@H](O)Cn2c(NCCN(C)C)nc3c2c(=O)[nH]c(=O)n3C)cc1. The molecule has 0 spiro atoms. The maximum atomic E-state index is 12.5. The summed E-state index contributed by atoms with van der Waals surface area (Å²) in [4.78, 5) is 33.2. The Hall–Kier alpha value is -3.31. The van der Waals surface area contributed by atoms with Crippen LogP contribution in [0.15, 0.2) is 33.9 Å². The molecule has 1 aromatic carbocycles. The summed E-state index contributed by atoms with van der Waals surface area (Å²) in [7, 11) is 7.00. The van der Waals surface area contributed by atoms with Crippen molar-refractivity contribution in [3.63, 3.8) is 0 Å². The normalized spacial score (nSPS) is 12.3. The van der Waals surface area contributed by atoms with Crippen molar-refractivity contribution in [2.24, 2.45) is 7.05 Å². The van der Waals surface area contributed by atoms with Crippen LogP contribution < -0.4 is 26.0 Å². The Bertz CT molecular complexity index is 1130. The first kappa shape index (κ1) is 22.4. The largest absolute Gasteiger partial charge is 0.497 e. The molecule has 0 fully saturated rings. The van der Waals surface area contributed by atoms with Gasteiger partial charge in [-0.15, -0.1) is 0 Å². The van der Waals surface area contributed by atoms with E-state index in [4.69, 9.17) is 9.47 Å². The van der Waals surface area contributed by atoms with Crippen LogP contribution in [0.4, 0.5) is 5.95 Å². The van der Waals surface area contributed by atoms with Crippen molar-refractivity contribution in [2.45, 2.75) is 12.6 Å². The van der Waals surface area contributed by atoms with Crippen molar-refractivity contribution in [3.05, 3.63) is 45.1 Å². The molecule has 168 valence electrons. The van der Waals surface area contributed by atoms with Crippen LogP contribution in [0.25, 0.3) is 11.2 Å². The summed E-state index contributed by atoms with van der Waals surface area (Å²) >= 11 is 0. The van der Waals surface area contributed by atoms with Gasteiger partial charge in [0.2, 0.25) is 5.95 Å². The average Bonchev–Trinajstić information content (AvgIpc) is 3.09. The molecular weight excluding hydrogens is 404 g/mol. The smallest absolute Gasteiger partial charge is 0.329 e. The first-order chi connectivity index (χ1) is 14.8. The number of hydrogen-bond acceptors (Lipinski definition) is 8. The van der Waals surface area contributed by atoms with Gasteiger partial charge in [0.25, 0.3) is 5.56 Å². The molecule has 2 heterocycles. The van der Waals surface area contributed by atoms with Gasteiger partial charge in [0.15, 0.2) is 11.2 Å². The standard InChI is InChI=1S/C20H28N6O5/c1-24(2)10-9-21-19-22-17-16(18(28)23-20(29)25(17)3)26(19)11-13(27)12-31-15-7-5-14(30-4)6-8-15/h5-8,13,27H,9-12H2,1-4H3,(H,21,22)(H,23,28,29)/t13-/m0/s1. The van der Waals surface area contributed by atoms with Crippen LogP contribution in [0.2, 0.25) is 0 Å². The molecule has 11 heteroatoms. The number of aliphatic hydroxyl groups excluding tert-OH is 1. The molecule has 0 aliphatic heterocycles. The lowest BCUT2D eigenvalue weighted by atomic mass is 10.3. The van der Waals surface area contributed by atoms with E-state index >= 15 is 0 Å². The number of fused-ring (bicyclic) bond motifs is 1. The van der Waals surface area contributed by atoms with E-state index in [0.717, 1.165) is 6.54 Å². The number of aromatic nitrogens is 4. The first-order valence-corrected chi connectivity index (χ1v) is 9.83. The average molecular weight is 432 g/mol. The second-order valence-corrected chi connectivity index (χ2v) is 7.41. The highest BCUT2D eigenvalue weighted by atomic mass is 16.5. The van der Waals surface area contributed by atoms with Gasteiger partial charge in [0.05, 0.1) is 13.7 Å². The monoisotopic (exact) mass is 432 g/mol. The maximum Gasteiger partial charge on any atom is 0.329 e. The number of nitrogens with one attached hydrogen (secondary N) is 2. The predicted molar refractivity (Wildman–Crippen MR) is 117 cm³/mol. The lowest BCUT2D eigenvalue weighted by Gasteiger charge is -2.16. The van der Waals surface area contributed by atoms with Gasteiger partial charge in [-0.05, 0) is 38.4 Å². The van der Waals surface area contributed by atoms with Gasteiger partial charge in [-0.2, -0.15) is 4.98 Å². The van der Waals surface area contributed by atoms with Crippen molar-refractivity contribution in [2.75, 3.05) is 46.2 Å². The van der Waals surface area contributed by atoms with Crippen LogP contribution in [-0.2, 0) is 13.6 Å². The van der Waals surface area contributed by atoms with Gasteiger partial charge >= 0.3 is 5.69 Å². The molecular formula is C20H28N6O5. The number of rotatable bonds is 10. The highest BCUT2D eigenvalue weighted by molar-refractivity contribution is 5.74. The number of imidazole rings is 1. The summed E-state index contributed by atoms with van der Waals surface area (Å²) in [6.45, 7) is 1.37. The topological polar surface area (TPSA) is 127 Å². The van der Waals surface area contributed by atoms with Crippen molar-refractivity contribution >= 4 is 17.1 Å². The lowest BCUT2D eigenvalue weighted by Crippen LogP contribution is -2.31. The number of likely N-dealkylation sites (N-methyl/N-ethyl adjacent to an activating group) is 1. The molecule has 3 N–H and O–H groups in total. The Morgan fingerprint density at radius 2 is 1.90 bits per heavy atom. The van der Waals surface area contributed by atoms with Gasteiger partial charge < -0.3 is 29.4 Å². The minimum absolute atomic E-state index is 0.00675. The zero-order chi connectivity index (χ0) is 22.5. The number of benzene rings is 1. The van der Waals surface area contributed by atoms with E-state index in [2.05, 4.69) is 15.3 Å². The van der Waals surface area contributed by atoms with Crippen molar-refractivity contribution < 1.29 is 14.6 Å². The van der Waals surface area contributed by atoms with E-state index in [1.54, 1.807) is 35.9 Å². The second-order valence-electron chi connectivity index (χ2n) is 7.41. The molecule has 31 heavy (non-hydrogen) atoms. The molecule has 0 saturated carbocycles. The second kappa shape index (κ2) is 9.67. The van der Waals surface area contributed by atoms with E-state index < -0.39 is 17.4 Å². The molecule has 2 aromatic heterocycles. The summed E-state index contributed by atoms with van der Waals surface area (Å²) in [6, 6.07) is 7.01. The number of aliphatic hydroxyl groups is 1. The third kappa shape index (κ3) is 5.25. The van der Waals surface area contributed by atoms with Gasteiger partial charge in [-0.3, -0.25) is 14.3 Å². The summed E-state index contributed by atoms with van der Waals surface area (Å²) in [5, 5.41) is 13.8. The number of methoxy groups -OCH3 is 1. The van der Waals surface area contributed by atoms with Crippen molar-refractivity contribution in [3.8, 4) is 11.5 Å². The number of ether oxygens (including phenoxy) is 2. The quantitative estimate of drug-likeness (QED) is 0.404. The number of aryl methyl sites for hydroxylation is 1. The Labute approximate surface area is 178 Å². The molecule has 0 radical (unpaired) electrons. The summed E-state index contributed by atoms with van der Waals surface area (Å²) in [6.07, 6.45) is -0.925. The fourth-order valence-corrected chi connectivity index (χ4v) is 3.07. The Morgan fingerprint density at radius 3 is 2.55 bits per heavy atom. The number of hydrogen-bond donors (Lipinski definition) is 3. The molecule has 11 nitrogen and oxygen atoms in total. The Balaban J connectivity index is 1.83. The summed E-state index contributed by atoms with van der Waals surface area (Å²) < 4.78 is 13.6. The zero-order valence-corrected chi connectivity index (χ0v) is 18.1. The molecule has 0 unspecified atom stereocenters. The van der Waals surface area contributed by atoms with Gasteiger partial charge in [0, 0.05) is 20.1 Å². The van der Waals surface area contributed by atoms with Crippen molar-refractivity contribution in [1.29, 1.82) is 0 Å². The highest BCUT2D eigenvalue weighted by Gasteiger charge is 2.20. The van der Waals surface area contributed by atoms with Crippen LogP contribution >= 0.6 is 0 Å². The van der Waals surface area contributed by atoms with E-state index in [1.165, 1.54) is 11.6 Å². The van der Waals surface area contributed by atoms with E-state index in [0.29, 0.717) is 24.0 Å². The molecule has 0 saturated heterocycles. The Kier molecular flexibility index (Phi) is 6.98. The summed E-state index contributed by atoms with van der Waals surface area (Å²) in [5.74, 6) is 1.68. The molecule has 0 amide bonds. The van der Waals surface area contributed by atoms with Crippen LogP contribution in [0.3, 0.4) is 0 Å². The van der Waals surface area contributed by atoms with Crippen LogP contribution in [-0.4, -0.2) is 76.1 Å². The van der Waals surface area contributed by atoms with Gasteiger partial charge in [-0.25, -0.2) is 4.79 Å². The Morgan fingerprint density at radius 1 is 1.23 bits per heavy atom. The number of anilines is 1. The van der Waals surface area contributed by atoms with Gasteiger partial charge in [0.1, 0.15) is 24.2 Å². The fourth-order valence-electron chi connectivity index (χ4n) is 3.07.